The fraction of sp³-hybridized carbons (Fsp3) is 0. The van der Waals surface area contributed by atoms with Gasteiger partial charge in [-0.3, -0.25) is 4.79 Å². The van der Waals surface area contributed by atoms with E-state index in [9.17, 15) is 4.79 Å². The topological polar surface area (TPSA) is 41.8 Å². The number of rotatable bonds is 0. The summed E-state index contributed by atoms with van der Waals surface area (Å²) in [6.45, 7) is 3.70. The van der Waals surface area contributed by atoms with Crippen molar-refractivity contribution in [3.05, 3.63) is 36.2 Å². The van der Waals surface area contributed by atoms with Crippen LogP contribution in [0.3, 0.4) is 0 Å². The monoisotopic (exact) mass is 145 g/mol. The molecule has 1 aromatic rings. The summed E-state index contributed by atoms with van der Waals surface area (Å²) in [5.74, 6) is -0.273. The molecule has 53 valence electrons. The zero-order valence-corrected chi connectivity index (χ0v) is 5.74. The summed E-state index contributed by atoms with van der Waals surface area (Å²) in [5.41, 5.74) is 2.00. The molecule has 0 aliphatic carbocycles. The SMILES string of the molecule is [CH2]c1ccc2c(c1)C(=O)N=N2. The van der Waals surface area contributed by atoms with Crippen LogP contribution < -0.4 is 0 Å². The minimum absolute atomic E-state index is 0.273. The fourth-order valence-electron chi connectivity index (χ4n) is 0.995. The predicted molar refractivity (Wildman–Crippen MR) is 39.7 cm³/mol. The van der Waals surface area contributed by atoms with E-state index in [2.05, 4.69) is 17.2 Å². The summed E-state index contributed by atoms with van der Waals surface area (Å²) in [7, 11) is 0. The van der Waals surface area contributed by atoms with E-state index in [1.54, 1.807) is 18.2 Å². The molecule has 1 aromatic carbocycles. The number of azo groups is 1. The van der Waals surface area contributed by atoms with E-state index in [4.69, 9.17) is 0 Å². The number of hydrogen-bond donors (Lipinski definition) is 0. The van der Waals surface area contributed by atoms with Gasteiger partial charge in [-0.1, -0.05) is 6.07 Å². The van der Waals surface area contributed by atoms with Crippen LogP contribution >= 0.6 is 0 Å². The van der Waals surface area contributed by atoms with Crippen LogP contribution in [0.5, 0.6) is 0 Å². The summed E-state index contributed by atoms with van der Waals surface area (Å²) < 4.78 is 0. The van der Waals surface area contributed by atoms with Crippen molar-refractivity contribution in [3.8, 4) is 0 Å². The lowest BCUT2D eigenvalue weighted by Gasteiger charge is -1.93. The highest BCUT2D eigenvalue weighted by molar-refractivity contribution is 6.01. The second kappa shape index (κ2) is 1.99. The van der Waals surface area contributed by atoms with E-state index in [1.807, 2.05) is 0 Å². The number of fused-ring (bicyclic) bond motifs is 1. The van der Waals surface area contributed by atoms with Crippen LogP contribution in [-0.2, 0) is 0 Å². The predicted octanol–water partition coefficient (Wildman–Crippen LogP) is 2.11. The number of carbonyl (C=O) groups is 1. The number of nitrogens with zero attached hydrogens (tertiary/aromatic N) is 2. The van der Waals surface area contributed by atoms with Crippen LogP contribution in [0, 0.1) is 6.92 Å². The van der Waals surface area contributed by atoms with Gasteiger partial charge in [0.2, 0.25) is 0 Å². The molecule has 0 spiro atoms. The van der Waals surface area contributed by atoms with Crippen molar-refractivity contribution in [2.75, 3.05) is 0 Å². The molecule has 3 nitrogen and oxygen atoms in total. The normalized spacial score (nSPS) is 13.7. The van der Waals surface area contributed by atoms with E-state index < -0.39 is 0 Å². The second-order valence-corrected chi connectivity index (χ2v) is 2.36. The molecule has 1 amide bonds. The number of benzene rings is 1. The van der Waals surface area contributed by atoms with E-state index in [0.717, 1.165) is 5.56 Å². The van der Waals surface area contributed by atoms with Crippen molar-refractivity contribution < 1.29 is 4.79 Å². The fourth-order valence-corrected chi connectivity index (χ4v) is 0.995. The maximum Gasteiger partial charge on any atom is 0.297 e. The second-order valence-electron chi connectivity index (χ2n) is 2.36. The maximum atomic E-state index is 10.9. The third kappa shape index (κ3) is 0.852. The Labute approximate surface area is 63.8 Å². The molecule has 1 aliphatic heterocycles. The zero-order chi connectivity index (χ0) is 7.84. The highest BCUT2D eigenvalue weighted by atomic mass is 16.2. The van der Waals surface area contributed by atoms with Gasteiger partial charge in [-0.2, -0.15) is 0 Å². The maximum absolute atomic E-state index is 10.9. The Balaban J connectivity index is 2.67. The smallest absolute Gasteiger partial charge is 0.265 e. The van der Waals surface area contributed by atoms with E-state index in [0.29, 0.717) is 11.3 Å². The van der Waals surface area contributed by atoms with Crippen LogP contribution in [0.25, 0.3) is 0 Å². The summed E-state index contributed by atoms with van der Waals surface area (Å²) >= 11 is 0. The van der Waals surface area contributed by atoms with E-state index in [-0.39, 0.29) is 5.91 Å². The van der Waals surface area contributed by atoms with E-state index in [1.165, 1.54) is 0 Å². The van der Waals surface area contributed by atoms with Gasteiger partial charge < -0.3 is 0 Å². The molecule has 0 saturated carbocycles. The summed E-state index contributed by atoms with van der Waals surface area (Å²) in [5, 5.41) is 7.07. The van der Waals surface area contributed by atoms with Gasteiger partial charge in [0.1, 0.15) is 0 Å². The molecular formula is C8H5N2O. The molecule has 0 aromatic heterocycles. The zero-order valence-electron chi connectivity index (χ0n) is 5.74. The highest BCUT2D eigenvalue weighted by Crippen LogP contribution is 2.26. The Morgan fingerprint density at radius 2 is 2.09 bits per heavy atom. The van der Waals surface area contributed by atoms with Gasteiger partial charge in [0.25, 0.3) is 5.91 Å². The van der Waals surface area contributed by atoms with Crippen LogP contribution in [0.1, 0.15) is 15.9 Å². The van der Waals surface area contributed by atoms with Gasteiger partial charge in [0, 0.05) is 0 Å². The molecule has 1 heterocycles. The minimum atomic E-state index is -0.273. The van der Waals surface area contributed by atoms with E-state index >= 15 is 0 Å². The van der Waals surface area contributed by atoms with Crippen LogP contribution in [0.15, 0.2) is 28.4 Å². The van der Waals surface area contributed by atoms with Crippen LogP contribution in [0.4, 0.5) is 5.69 Å². The molecule has 1 radical (unpaired) electrons. The summed E-state index contributed by atoms with van der Waals surface area (Å²) in [4.78, 5) is 10.9. The summed E-state index contributed by atoms with van der Waals surface area (Å²) in [6, 6.07) is 5.24. The molecule has 2 rings (SSSR count). The van der Waals surface area contributed by atoms with Crippen molar-refractivity contribution in [3.63, 3.8) is 0 Å². The van der Waals surface area contributed by atoms with Crippen molar-refractivity contribution in [1.29, 1.82) is 0 Å². The molecule has 0 unspecified atom stereocenters. The van der Waals surface area contributed by atoms with Gasteiger partial charge in [-0.25, -0.2) is 0 Å². The Morgan fingerprint density at radius 1 is 1.27 bits per heavy atom. The Morgan fingerprint density at radius 3 is 2.91 bits per heavy atom. The molecule has 3 heteroatoms. The molecule has 11 heavy (non-hydrogen) atoms. The van der Waals surface area contributed by atoms with Crippen molar-refractivity contribution in [2.45, 2.75) is 0 Å². The van der Waals surface area contributed by atoms with Crippen molar-refractivity contribution >= 4 is 11.6 Å². The molecule has 0 fully saturated rings. The average molecular weight is 145 g/mol. The molecule has 0 atom stereocenters. The van der Waals surface area contributed by atoms with Crippen LogP contribution in [0.2, 0.25) is 0 Å². The highest BCUT2D eigenvalue weighted by Gasteiger charge is 2.15. The molecule has 1 aliphatic rings. The lowest BCUT2D eigenvalue weighted by atomic mass is 10.1. The Hall–Kier alpha value is -1.51. The molecular weight excluding hydrogens is 140 g/mol. The Kier molecular flexibility index (Phi) is 1.12. The quantitative estimate of drug-likeness (QED) is 0.551. The first-order valence-corrected chi connectivity index (χ1v) is 3.19. The van der Waals surface area contributed by atoms with Gasteiger partial charge in [0.15, 0.2) is 0 Å². The standard InChI is InChI=1S/C8H5N2O/c1-5-2-3-7-6(4-5)8(11)10-9-7/h2-4H,1H2. The number of hydrogen-bond acceptors (Lipinski definition) is 2. The summed E-state index contributed by atoms with van der Waals surface area (Å²) in [6.07, 6.45) is 0. The largest absolute Gasteiger partial charge is 0.297 e. The molecule has 0 bridgehead atoms. The number of carbonyl (C=O) groups excluding carboxylic acids is 1. The Bertz CT molecular complexity index is 355. The average Bonchev–Trinajstić information content (AvgIpc) is 2.33. The third-order valence-corrected chi connectivity index (χ3v) is 1.54. The van der Waals surface area contributed by atoms with Gasteiger partial charge in [-0.15, -0.1) is 10.2 Å². The molecule has 0 saturated heterocycles. The van der Waals surface area contributed by atoms with Gasteiger partial charge >= 0.3 is 0 Å². The van der Waals surface area contributed by atoms with Gasteiger partial charge in [-0.05, 0) is 24.6 Å². The van der Waals surface area contributed by atoms with Crippen molar-refractivity contribution in [1.82, 2.24) is 0 Å². The van der Waals surface area contributed by atoms with Gasteiger partial charge in [0.05, 0.1) is 11.3 Å². The third-order valence-electron chi connectivity index (χ3n) is 1.54. The first kappa shape index (κ1) is 6.22. The van der Waals surface area contributed by atoms with Crippen LogP contribution in [-0.4, -0.2) is 5.91 Å². The first-order chi connectivity index (χ1) is 5.27. The first-order valence-electron chi connectivity index (χ1n) is 3.19. The lowest BCUT2D eigenvalue weighted by Crippen LogP contribution is -1.88. The molecule has 0 N–H and O–H groups in total. The minimum Gasteiger partial charge on any atom is -0.265 e. The van der Waals surface area contributed by atoms with Crippen molar-refractivity contribution in [2.24, 2.45) is 10.2 Å². The number of amides is 1. The lowest BCUT2D eigenvalue weighted by molar-refractivity contribution is 0.100.